The topological polar surface area (TPSA) is 94.4 Å². The van der Waals surface area contributed by atoms with Crippen molar-refractivity contribution in [2.75, 3.05) is 13.7 Å². The van der Waals surface area contributed by atoms with Crippen LogP contribution in [0.2, 0.25) is 0 Å². The second-order valence-electron chi connectivity index (χ2n) is 8.17. The standard InChI is InChI=1S/C23H30N4O4S/c1-6-31-23(28)21(13-16(2)3)26(5)32(29,30)19-9-7-18(8-10-19)15-27-17(4)25-20-11-12-24-14-22(20)27/h7-12,14,16,21H,6,13,15H2,1-5H3/t21-/m0/s1. The van der Waals surface area contributed by atoms with E-state index in [4.69, 9.17) is 4.74 Å². The Morgan fingerprint density at radius 2 is 1.88 bits per heavy atom. The average molecular weight is 459 g/mol. The van der Waals surface area contributed by atoms with Gasteiger partial charge in [0.05, 0.1) is 28.7 Å². The Morgan fingerprint density at radius 1 is 1.19 bits per heavy atom. The van der Waals surface area contributed by atoms with E-state index in [-0.39, 0.29) is 17.4 Å². The van der Waals surface area contributed by atoms with Gasteiger partial charge in [0.15, 0.2) is 0 Å². The predicted molar refractivity (Wildman–Crippen MR) is 123 cm³/mol. The highest BCUT2D eigenvalue weighted by Gasteiger charge is 2.34. The van der Waals surface area contributed by atoms with Gasteiger partial charge in [0.1, 0.15) is 11.9 Å². The number of benzene rings is 1. The van der Waals surface area contributed by atoms with Crippen molar-refractivity contribution in [3.63, 3.8) is 0 Å². The van der Waals surface area contributed by atoms with Crippen LogP contribution in [-0.4, -0.2) is 52.9 Å². The Hall–Kier alpha value is -2.78. The normalized spacial score (nSPS) is 13.1. The van der Waals surface area contributed by atoms with Gasteiger partial charge in [-0.3, -0.25) is 9.78 Å². The van der Waals surface area contributed by atoms with E-state index in [1.807, 2.05) is 31.4 Å². The van der Waals surface area contributed by atoms with E-state index in [9.17, 15) is 13.2 Å². The second-order valence-corrected chi connectivity index (χ2v) is 10.2. The molecule has 9 heteroatoms. The van der Waals surface area contributed by atoms with Crippen molar-refractivity contribution in [1.82, 2.24) is 18.8 Å². The van der Waals surface area contributed by atoms with Gasteiger partial charge in [-0.25, -0.2) is 13.4 Å². The van der Waals surface area contributed by atoms with Gasteiger partial charge in [0.2, 0.25) is 10.0 Å². The lowest BCUT2D eigenvalue weighted by atomic mass is 10.0. The van der Waals surface area contributed by atoms with Gasteiger partial charge < -0.3 is 9.30 Å². The van der Waals surface area contributed by atoms with Crippen molar-refractivity contribution >= 4 is 27.0 Å². The molecule has 0 fully saturated rings. The number of carbonyl (C=O) groups excluding carboxylic acids is 1. The van der Waals surface area contributed by atoms with Crippen molar-refractivity contribution in [2.24, 2.45) is 5.92 Å². The molecule has 0 aliphatic heterocycles. The Labute approximate surface area is 189 Å². The maximum Gasteiger partial charge on any atom is 0.324 e. The molecule has 0 unspecified atom stereocenters. The molecule has 0 N–H and O–H groups in total. The van der Waals surface area contributed by atoms with Gasteiger partial charge in [0, 0.05) is 19.8 Å². The number of hydrogen-bond acceptors (Lipinski definition) is 6. The lowest BCUT2D eigenvalue weighted by Gasteiger charge is -2.27. The molecular formula is C23H30N4O4S. The van der Waals surface area contributed by atoms with Crippen molar-refractivity contribution in [3.05, 3.63) is 54.1 Å². The molecule has 0 aliphatic carbocycles. The number of aryl methyl sites for hydroxylation is 1. The first-order valence-corrected chi connectivity index (χ1v) is 12.1. The van der Waals surface area contributed by atoms with Gasteiger partial charge in [-0.05, 0) is 49.9 Å². The zero-order chi connectivity index (χ0) is 23.5. The minimum absolute atomic E-state index is 0.132. The minimum atomic E-state index is -3.87. The second kappa shape index (κ2) is 9.79. The summed E-state index contributed by atoms with van der Waals surface area (Å²) < 4.78 is 34.7. The number of likely N-dealkylation sites (N-methyl/N-ethyl adjacent to an activating group) is 1. The highest BCUT2D eigenvalue weighted by Crippen LogP contribution is 2.23. The molecule has 0 bridgehead atoms. The molecule has 2 heterocycles. The molecule has 2 aromatic heterocycles. The molecule has 1 atom stereocenters. The molecule has 1 aromatic carbocycles. The Kier molecular flexibility index (Phi) is 7.30. The van der Waals surface area contributed by atoms with Crippen LogP contribution in [0, 0.1) is 12.8 Å². The van der Waals surface area contributed by atoms with Gasteiger partial charge in [-0.15, -0.1) is 0 Å². The van der Waals surface area contributed by atoms with E-state index in [1.165, 1.54) is 7.05 Å². The SMILES string of the molecule is CCOC(=O)[C@H](CC(C)C)N(C)S(=O)(=O)c1ccc(Cn2c(C)nc3ccncc32)cc1. The zero-order valence-electron chi connectivity index (χ0n) is 19.1. The van der Waals surface area contributed by atoms with Gasteiger partial charge in [0.25, 0.3) is 0 Å². The fourth-order valence-electron chi connectivity index (χ4n) is 3.65. The quantitative estimate of drug-likeness (QED) is 0.456. The first-order chi connectivity index (χ1) is 15.1. The number of rotatable bonds is 9. The summed E-state index contributed by atoms with van der Waals surface area (Å²) in [7, 11) is -2.43. The maximum absolute atomic E-state index is 13.2. The molecule has 0 amide bonds. The third kappa shape index (κ3) is 4.99. The molecular weight excluding hydrogens is 428 g/mol. The van der Waals surface area contributed by atoms with Crippen molar-refractivity contribution in [1.29, 1.82) is 0 Å². The molecule has 3 aromatic rings. The molecule has 0 saturated carbocycles. The number of nitrogens with zero attached hydrogens (tertiary/aromatic N) is 4. The first kappa shape index (κ1) is 23.9. The number of ether oxygens (including phenoxy) is 1. The van der Waals surface area contributed by atoms with Crippen LogP contribution < -0.4 is 0 Å². The fourth-order valence-corrected chi connectivity index (χ4v) is 4.97. The molecule has 3 rings (SSSR count). The Morgan fingerprint density at radius 3 is 2.50 bits per heavy atom. The molecule has 0 aliphatic rings. The highest BCUT2D eigenvalue weighted by atomic mass is 32.2. The first-order valence-electron chi connectivity index (χ1n) is 10.7. The summed E-state index contributed by atoms with van der Waals surface area (Å²) in [6.07, 6.45) is 3.86. The average Bonchev–Trinajstić information content (AvgIpc) is 3.07. The van der Waals surface area contributed by atoms with E-state index in [2.05, 4.69) is 9.97 Å². The van der Waals surface area contributed by atoms with E-state index in [1.54, 1.807) is 43.6 Å². The van der Waals surface area contributed by atoms with Gasteiger partial charge in [-0.1, -0.05) is 26.0 Å². The number of imidazole rings is 1. The lowest BCUT2D eigenvalue weighted by Crippen LogP contribution is -2.44. The number of fused-ring (bicyclic) bond motifs is 1. The smallest absolute Gasteiger partial charge is 0.324 e. The zero-order valence-corrected chi connectivity index (χ0v) is 20.0. The summed E-state index contributed by atoms with van der Waals surface area (Å²) in [5.41, 5.74) is 2.72. The van der Waals surface area contributed by atoms with E-state index in [0.717, 1.165) is 26.7 Å². The van der Waals surface area contributed by atoms with E-state index < -0.39 is 22.0 Å². The molecule has 32 heavy (non-hydrogen) atoms. The van der Waals surface area contributed by atoms with Crippen LogP contribution >= 0.6 is 0 Å². The summed E-state index contributed by atoms with van der Waals surface area (Å²) in [5.74, 6) is 0.461. The number of pyridine rings is 1. The molecule has 0 spiro atoms. The van der Waals surface area contributed by atoms with Crippen LogP contribution in [0.1, 0.15) is 38.6 Å². The van der Waals surface area contributed by atoms with Gasteiger partial charge in [-0.2, -0.15) is 4.31 Å². The minimum Gasteiger partial charge on any atom is -0.465 e. The third-order valence-electron chi connectivity index (χ3n) is 5.37. The molecule has 0 radical (unpaired) electrons. The summed E-state index contributed by atoms with van der Waals surface area (Å²) in [6, 6.07) is 7.71. The van der Waals surface area contributed by atoms with E-state index in [0.29, 0.717) is 13.0 Å². The number of aromatic nitrogens is 3. The van der Waals surface area contributed by atoms with Crippen LogP contribution in [0.5, 0.6) is 0 Å². The van der Waals surface area contributed by atoms with Crippen LogP contribution in [-0.2, 0) is 26.1 Å². The highest BCUT2D eigenvalue weighted by molar-refractivity contribution is 7.89. The summed E-state index contributed by atoms with van der Waals surface area (Å²) in [5, 5.41) is 0. The molecule has 8 nitrogen and oxygen atoms in total. The van der Waals surface area contributed by atoms with Crippen molar-refractivity contribution in [3.8, 4) is 0 Å². The maximum atomic E-state index is 13.2. The summed E-state index contributed by atoms with van der Waals surface area (Å²) >= 11 is 0. The summed E-state index contributed by atoms with van der Waals surface area (Å²) in [6.45, 7) is 8.27. The predicted octanol–water partition coefficient (Wildman–Crippen LogP) is 3.39. The largest absolute Gasteiger partial charge is 0.465 e. The Bertz CT molecular complexity index is 1190. The van der Waals surface area contributed by atoms with Crippen LogP contribution in [0.15, 0.2) is 47.6 Å². The van der Waals surface area contributed by atoms with Crippen molar-refractivity contribution in [2.45, 2.75) is 51.6 Å². The molecule has 0 saturated heterocycles. The van der Waals surface area contributed by atoms with Gasteiger partial charge >= 0.3 is 5.97 Å². The van der Waals surface area contributed by atoms with Crippen LogP contribution in [0.25, 0.3) is 11.0 Å². The number of esters is 1. The molecule has 172 valence electrons. The monoisotopic (exact) mass is 458 g/mol. The number of sulfonamides is 1. The van der Waals surface area contributed by atoms with E-state index >= 15 is 0 Å². The van der Waals surface area contributed by atoms with Crippen LogP contribution in [0.3, 0.4) is 0 Å². The van der Waals surface area contributed by atoms with Crippen molar-refractivity contribution < 1.29 is 17.9 Å². The number of hydrogen-bond donors (Lipinski definition) is 0. The van der Waals surface area contributed by atoms with Crippen LogP contribution in [0.4, 0.5) is 0 Å². The summed E-state index contributed by atoms with van der Waals surface area (Å²) in [4.78, 5) is 21.3. The fraction of sp³-hybridized carbons (Fsp3) is 0.435. The third-order valence-corrected chi connectivity index (χ3v) is 7.26. The lowest BCUT2D eigenvalue weighted by molar-refractivity contribution is -0.147. The Balaban J connectivity index is 1.84. The number of carbonyl (C=O) groups is 1.